The first-order valence-electron chi connectivity index (χ1n) is 6.39. The van der Waals surface area contributed by atoms with Crippen molar-refractivity contribution in [1.82, 2.24) is 5.32 Å². The van der Waals surface area contributed by atoms with E-state index < -0.39 is 5.60 Å². The second-order valence-corrected chi connectivity index (χ2v) is 5.82. The highest BCUT2D eigenvalue weighted by atomic mass is 32.2. The van der Waals surface area contributed by atoms with Crippen molar-refractivity contribution in [2.75, 3.05) is 12.3 Å². The molecule has 2 N–H and O–H groups in total. The summed E-state index contributed by atoms with van der Waals surface area (Å²) in [5, 5.41) is 12.8. The van der Waals surface area contributed by atoms with Gasteiger partial charge < -0.3 is 14.8 Å². The molecule has 0 fully saturated rings. The number of aliphatic hydroxyl groups is 1. The second-order valence-electron chi connectivity index (χ2n) is 4.77. The number of furan rings is 1. The summed E-state index contributed by atoms with van der Waals surface area (Å²) in [5.41, 5.74) is -1.25. The maximum atomic E-state index is 12.7. The minimum absolute atomic E-state index is 0.0589. The van der Waals surface area contributed by atoms with Crippen molar-refractivity contribution in [3.8, 4) is 0 Å². The average molecular weight is 309 g/mol. The van der Waals surface area contributed by atoms with Crippen LogP contribution in [-0.4, -0.2) is 23.3 Å². The first-order chi connectivity index (χ1) is 9.97. The van der Waals surface area contributed by atoms with Crippen molar-refractivity contribution in [3.05, 3.63) is 54.2 Å². The van der Waals surface area contributed by atoms with Crippen LogP contribution in [0, 0.1) is 5.82 Å². The molecule has 0 bridgehead atoms. The van der Waals surface area contributed by atoms with Gasteiger partial charge in [0.15, 0.2) is 0 Å². The van der Waals surface area contributed by atoms with Gasteiger partial charge in [0.05, 0.1) is 18.6 Å². The zero-order valence-electron chi connectivity index (χ0n) is 11.5. The summed E-state index contributed by atoms with van der Waals surface area (Å²) in [6, 6.07) is 9.26. The molecule has 0 aliphatic carbocycles. The number of halogens is 1. The Balaban J connectivity index is 1.78. The van der Waals surface area contributed by atoms with Crippen LogP contribution in [0.15, 0.2) is 52.0 Å². The highest BCUT2D eigenvalue weighted by molar-refractivity contribution is 8.00. The van der Waals surface area contributed by atoms with Crippen LogP contribution >= 0.6 is 11.8 Å². The summed E-state index contributed by atoms with van der Waals surface area (Å²) in [5.74, 6) is 0.0725. The molecule has 0 saturated heterocycles. The minimum atomic E-state index is -1.25. The Morgan fingerprint density at radius 1 is 1.38 bits per heavy atom. The lowest BCUT2D eigenvalue weighted by molar-refractivity contribution is -0.119. The van der Waals surface area contributed by atoms with Crippen molar-refractivity contribution in [1.29, 1.82) is 0 Å². The molecule has 1 atom stereocenters. The molecule has 1 unspecified atom stereocenters. The second kappa shape index (κ2) is 6.78. The molecule has 21 heavy (non-hydrogen) atoms. The number of rotatable bonds is 6. The molecule has 6 heteroatoms. The van der Waals surface area contributed by atoms with Gasteiger partial charge in [-0.25, -0.2) is 4.39 Å². The van der Waals surface area contributed by atoms with E-state index in [0.29, 0.717) is 5.76 Å². The van der Waals surface area contributed by atoms with Gasteiger partial charge in [-0.15, -0.1) is 11.8 Å². The fraction of sp³-hybridized carbons (Fsp3) is 0.267. The Hall–Kier alpha value is -1.79. The maximum Gasteiger partial charge on any atom is 0.230 e. The molecule has 0 aliphatic heterocycles. The van der Waals surface area contributed by atoms with Crippen molar-refractivity contribution < 1.29 is 18.7 Å². The summed E-state index contributed by atoms with van der Waals surface area (Å²) < 4.78 is 17.9. The Morgan fingerprint density at radius 3 is 2.71 bits per heavy atom. The standard InChI is InChI=1S/C15H16FNO3S/c1-15(19,13-3-2-8-20-13)10-17-14(18)9-21-12-6-4-11(16)5-7-12/h2-8,19H,9-10H2,1H3,(H,17,18). The molecule has 1 amide bonds. The van der Waals surface area contributed by atoms with Crippen LogP contribution in [0.4, 0.5) is 4.39 Å². The molecule has 1 aromatic heterocycles. The van der Waals surface area contributed by atoms with Crippen molar-refractivity contribution >= 4 is 17.7 Å². The predicted octanol–water partition coefficient (Wildman–Crippen LogP) is 2.53. The lowest BCUT2D eigenvalue weighted by Gasteiger charge is -2.21. The molecule has 112 valence electrons. The van der Waals surface area contributed by atoms with E-state index in [1.165, 1.54) is 30.2 Å². The fourth-order valence-corrected chi connectivity index (χ4v) is 2.40. The number of benzene rings is 1. The molecule has 0 radical (unpaired) electrons. The topological polar surface area (TPSA) is 62.5 Å². The number of carbonyl (C=O) groups is 1. The van der Waals surface area contributed by atoms with E-state index in [-0.39, 0.29) is 24.0 Å². The normalized spacial score (nSPS) is 13.7. The summed E-state index contributed by atoms with van der Waals surface area (Å²) in [4.78, 5) is 12.6. The van der Waals surface area contributed by atoms with Crippen molar-refractivity contribution in [3.63, 3.8) is 0 Å². The van der Waals surface area contributed by atoms with Gasteiger partial charge in [0, 0.05) is 4.90 Å². The largest absolute Gasteiger partial charge is 0.466 e. The molecular formula is C15H16FNO3S. The van der Waals surface area contributed by atoms with E-state index in [1.807, 2.05) is 0 Å². The molecule has 0 aliphatic rings. The Kier molecular flexibility index (Phi) is 5.03. The Morgan fingerprint density at radius 2 is 2.10 bits per heavy atom. The van der Waals surface area contributed by atoms with Gasteiger partial charge >= 0.3 is 0 Å². The van der Waals surface area contributed by atoms with E-state index in [0.717, 1.165) is 4.90 Å². The third-order valence-corrected chi connectivity index (χ3v) is 3.88. The number of nitrogens with one attached hydrogen (secondary N) is 1. The van der Waals surface area contributed by atoms with Gasteiger partial charge in [-0.05, 0) is 43.3 Å². The molecule has 1 heterocycles. The molecule has 0 spiro atoms. The minimum Gasteiger partial charge on any atom is -0.466 e. The van der Waals surface area contributed by atoms with Crippen LogP contribution in [-0.2, 0) is 10.4 Å². The van der Waals surface area contributed by atoms with Gasteiger partial charge in [-0.1, -0.05) is 0 Å². The molecule has 2 aromatic rings. The first-order valence-corrected chi connectivity index (χ1v) is 7.37. The molecule has 2 rings (SSSR count). The van der Waals surface area contributed by atoms with Crippen LogP contribution in [0.3, 0.4) is 0 Å². The van der Waals surface area contributed by atoms with E-state index in [4.69, 9.17) is 4.42 Å². The molecule has 1 aromatic carbocycles. The van der Waals surface area contributed by atoms with E-state index in [2.05, 4.69) is 5.32 Å². The quantitative estimate of drug-likeness (QED) is 0.805. The monoisotopic (exact) mass is 309 g/mol. The lowest BCUT2D eigenvalue weighted by Crippen LogP contribution is -2.39. The number of carbonyl (C=O) groups excluding carboxylic acids is 1. The zero-order chi connectivity index (χ0) is 15.3. The SMILES string of the molecule is CC(O)(CNC(=O)CSc1ccc(F)cc1)c1ccco1. The van der Waals surface area contributed by atoms with E-state index in [9.17, 15) is 14.3 Å². The summed E-state index contributed by atoms with van der Waals surface area (Å²) in [7, 11) is 0. The number of hydrogen-bond acceptors (Lipinski definition) is 4. The number of amides is 1. The third kappa shape index (κ3) is 4.61. The van der Waals surface area contributed by atoms with Crippen LogP contribution in [0.5, 0.6) is 0 Å². The molecular weight excluding hydrogens is 293 g/mol. The number of hydrogen-bond donors (Lipinski definition) is 2. The Labute approximate surface area is 126 Å². The van der Waals surface area contributed by atoms with Crippen molar-refractivity contribution in [2.45, 2.75) is 17.4 Å². The summed E-state index contributed by atoms with van der Waals surface area (Å²) in [6.45, 7) is 1.63. The lowest BCUT2D eigenvalue weighted by atomic mass is 10.0. The van der Waals surface area contributed by atoms with Crippen molar-refractivity contribution in [2.24, 2.45) is 0 Å². The maximum absolute atomic E-state index is 12.7. The predicted molar refractivity (Wildman–Crippen MR) is 78.4 cm³/mol. The molecule has 0 saturated carbocycles. The van der Waals surface area contributed by atoms with E-state index >= 15 is 0 Å². The van der Waals surface area contributed by atoms with Crippen LogP contribution in [0.1, 0.15) is 12.7 Å². The summed E-state index contributed by atoms with van der Waals surface area (Å²) >= 11 is 1.30. The Bertz CT molecular complexity index is 581. The third-order valence-electron chi connectivity index (χ3n) is 2.87. The van der Waals surface area contributed by atoms with Gasteiger partial charge in [0.25, 0.3) is 0 Å². The smallest absolute Gasteiger partial charge is 0.230 e. The van der Waals surface area contributed by atoms with Gasteiger partial charge in [-0.2, -0.15) is 0 Å². The highest BCUT2D eigenvalue weighted by Crippen LogP contribution is 2.20. The highest BCUT2D eigenvalue weighted by Gasteiger charge is 2.26. The molecule has 4 nitrogen and oxygen atoms in total. The van der Waals surface area contributed by atoms with Crippen LogP contribution < -0.4 is 5.32 Å². The van der Waals surface area contributed by atoms with Crippen LogP contribution in [0.2, 0.25) is 0 Å². The fourth-order valence-electron chi connectivity index (χ4n) is 1.67. The first kappa shape index (κ1) is 15.6. The van der Waals surface area contributed by atoms with Crippen LogP contribution in [0.25, 0.3) is 0 Å². The van der Waals surface area contributed by atoms with Gasteiger partial charge in [0.2, 0.25) is 5.91 Å². The zero-order valence-corrected chi connectivity index (χ0v) is 12.3. The summed E-state index contributed by atoms with van der Waals surface area (Å²) in [6.07, 6.45) is 1.47. The van der Waals surface area contributed by atoms with Gasteiger partial charge in [-0.3, -0.25) is 4.79 Å². The van der Waals surface area contributed by atoms with E-state index in [1.54, 1.807) is 31.2 Å². The number of thioether (sulfide) groups is 1. The van der Waals surface area contributed by atoms with Gasteiger partial charge in [0.1, 0.15) is 17.2 Å². The average Bonchev–Trinajstić information content (AvgIpc) is 3.00.